The van der Waals surface area contributed by atoms with Crippen LogP contribution in [0.2, 0.25) is 0 Å². The molecular formula is C10H16Cl2N4O4. The molecule has 1 heterocycles. The van der Waals surface area contributed by atoms with Gasteiger partial charge in [-0.1, -0.05) is 0 Å². The lowest BCUT2D eigenvalue weighted by molar-refractivity contribution is 0.0129. The van der Waals surface area contributed by atoms with Crippen LogP contribution in [0.3, 0.4) is 0 Å². The first-order chi connectivity index (χ1) is 8.95. The highest BCUT2D eigenvalue weighted by Gasteiger charge is 2.14. The van der Waals surface area contributed by atoms with Crippen LogP contribution in [0.4, 0.5) is 0 Å². The predicted molar refractivity (Wildman–Crippen MR) is 76.5 cm³/mol. The molecule has 1 rings (SSSR count). The van der Waals surface area contributed by atoms with E-state index in [0.717, 1.165) is 6.20 Å². The smallest absolute Gasteiger partial charge is 0.313 e. The number of nitrogens with one attached hydrogen (secondary N) is 3. The number of halogens is 2. The third-order valence-electron chi connectivity index (χ3n) is 2.41. The van der Waals surface area contributed by atoms with Gasteiger partial charge in [0.15, 0.2) is 0 Å². The van der Waals surface area contributed by atoms with Crippen LogP contribution in [-0.4, -0.2) is 53.4 Å². The topological polar surface area (TPSA) is 107 Å². The van der Waals surface area contributed by atoms with E-state index in [1.54, 1.807) is 0 Å². The maximum Gasteiger partial charge on any atom is 0.325 e. The molecule has 0 spiro atoms. The summed E-state index contributed by atoms with van der Waals surface area (Å²) in [5.41, 5.74) is 0.400. The minimum atomic E-state index is -0.786. The molecule has 0 radical (unpaired) electrons. The number of carbonyl (C=O) groups excluding carboxylic acids is 1. The number of hydrogen-bond donors (Lipinski definition) is 3. The molecule has 0 aliphatic heterocycles. The minimum absolute atomic E-state index is 0. The number of rotatable bonds is 6. The molecule has 0 aromatic carbocycles. The maximum atomic E-state index is 11.6. The molecule has 114 valence electrons. The molecule has 3 N–H and O–H groups in total. The van der Waals surface area contributed by atoms with Crippen molar-refractivity contribution >= 4 is 29.9 Å². The number of hydroxylamine groups is 1. The summed E-state index contributed by atoms with van der Waals surface area (Å²) in [5, 5.41) is 0. The van der Waals surface area contributed by atoms with Gasteiger partial charge in [0.25, 0.3) is 11.5 Å². The van der Waals surface area contributed by atoms with Crippen molar-refractivity contribution in [2.75, 3.05) is 26.6 Å². The molecular weight excluding hydrogens is 311 g/mol. The number of hydrogen-bond acceptors (Lipinski definition) is 5. The van der Waals surface area contributed by atoms with Crippen molar-refractivity contribution in [2.45, 2.75) is 6.04 Å². The average molecular weight is 327 g/mol. The maximum absolute atomic E-state index is 11.6. The van der Waals surface area contributed by atoms with Gasteiger partial charge in [-0.15, -0.1) is 24.0 Å². The van der Waals surface area contributed by atoms with Crippen LogP contribution in [0.5, 0.6) is 0 Å². The van der Waals surface area contributed by atoms with Gasteiger partial charge in [0.1, 0.15) is 5.56 Å². The Kier molecular flexibility index (Phi) is 8.16. The van der Waals surface area contributed by atoms with Crippen LogP contribution >= 0.6 is 24.0 Å². The molecule has 1 aromatic heterocycles. The monoisotopic (exact) mass is 326 g/mol. The normalized spacial score (nSPS) is 11.8. The van der Waals surface area contributed by atoms with E-state index in [4.69, 9.17) is 16.4 Å². The Balaban J connectivity index is 0.00000361. The van der Waals surface area contributed by atoms with Crippen molar-refractivity contribution in [2.24, 2.45) is 0 Å². The quantitative estimate of drug-likeness (QED) is 0.474. The van der Waals surface area contributed by atoms with E-state index in [-0.39, 0.29) is 30.6 Å². The third kappa shape index (κ3) is 5.33. The van der Waals surface area contributed by atoms with Crippen molar-refractivity contribution in [3.05, 3.63) is 32.6 Å². The Bertz CT molecular complexity index is 543. The van der Waals surface area contributed by atoms with Crippen LogP contribution in [-0.2, 0) is 4.84 Å². The van der Waals surface area contributed by atoms with Crippen molar-refractivity contribution < 1.29 is 9.63 Å². The van der Waals surface area contributed by atoms with Crippen LogP contribution < -0.4 is 16.7 Å². The number of aromatic nitrogens is 2. The Morgan fingerprint density at radius 1 is 1.50 bits per heavy atom. The summed E-state index contributed by atoms with van der Waals surface area (Å²) in [4.78, 5) is 44.6. The first-order valence-electron chi connectivity index (χ1n) is 5.42. The van der Waals surface area contributed by atoms with Crippen LogP contribution in [0.25, 0.3) is 0 Å². The molecule has 0 aliphatic carbocycles. The molecule has 0 saturated carbocycles. The number of aromatic amines is 2. The Labute approximate surface area is 125 Å². The van der Waals surface area contributed by atoms with E-state index in [2.05, 4.69) is 10.5 Å². The summed E-state index contributed by atoms with van der Waals surface area (Å²) in [7, 11) is 3.65. The fourth-order valence-corrected chi connectivity index (χ4v) is 1.53. The van der Waals surface area contributed by atoms with Crippen LogP contribution in [0.15, 0.2) is 15.8 Å². The largest absolute Gasteiger partial charge is 0.325 e. The van der Waals surface area contributed by atoms with E-state index < -0.39 is 17.2 Å². The first kappa shape index (κ1) is 18.7. The second-order valence-electron chi connectivity index (χ2n) is 4.00. The van der Waals surface area contributed by atoms with Gasteiger partial charge in [0.2, 0.25) is 0 Å². The lowest BCUT2D eigenvalue weighted by Crippen LogP contribution is -2.39. The van der Waals surface area contributed by atoms with E-state index >= 15 is 0 Å². The molecule has 20 heavy (non-hydrogen) atoms. The van der Waals surface area contributed by atoms with Crippen molar-refractivity contribution in [1.82, 2.24) is 20.3 Å². The standard InChI is InChI=1S/C10H15ClN4O4.ClH/c1-15(2)6(3-11)5-19-14-9(17)7-4-12-10(18)13-8(7)16;/h4,6H,3,5H2,1-2H3,(H,14,17)(H2,12,13,16,18);1H. The van der Waals surface area contributed by atoms with Crippen LogP contribution in [0, 0.1) is 0 Å². The summed E-state index contributed by atoms with van der Waals surface area (Å²) in [6, 6.07) is -0.0733. The minimum Gasteiger partial charge on any atom is -0.313 e. The molecule has 0 saturated heterocycles. The molecule has 1 unspecified atom stereocenters. The predicted octanol–water partition coefficient (Wildman–Crippen LogP) is -0.685. The number of H-pyrrole nitrogens is 2. The zero-order valence-electron chi connectivity index (χ0n) is 10.9. The average Bonchev–Trinajstić information content (AvgIpc) is 2.33. The molecule has 0 aliphatic rings. The van der Waals surface area contributed by atoms with E-state index in [1.807, 2.05) is 24.0 Å². The fourth-order valence-electron chi connectivity index (χ4n) is 1.17. The zero-order chi connectivity index (χ0) is 14.4. The highest BCUT2D eigenvalue weighted by molar-refractivity contribution is 6.18. The summed E-state index contributed by atoms with van der Waals surface area (Å²) in [5.74, 6) is -0.410. The number of nitrogens with zero attached hydrogens (tertiary/aromatic N) is 1. The van der Waals surface area contributed by atoms with Gasteiger partial charge in [-0.3, -0.25) is 19.4 Å². The van der Waals surface area contributed by atoms with Crippen LogP contribution in [0.1, 0.15) is 10.4 Å². The van der Waals surface area contributed by atoms with Crippen molar-refractivity contribution in [1.29, 1.82) is 0 Å². The van der Waals surface area contributed by atoms with E-state index in [0.29, 0.717) is 5.88 Å². The summed E-state index contributed by atoms with van der Waals surface area (Å²) in [6.45, 7) is 0.170. The first-order valence-corrected chi connectivity index (χ1v) is 5.95. The Hall–Kier alpha value is -1.35. The number of alkyl halides is 1. The Morgan fingerprint density at radius 2 is 2.15 bits per heavy atom. The molecule has 1 atom stereocenters. The second kappa shape index (κ2) is 8.75. The summed E-state index contributed by atoms with van der Waals surface area (Å²) >= 11 is 5.71. The third-order valence-corrected chi connectivity index (χ3v) is 2.77. The van der Waals surface area contributed by atoms with Gasteiger partial charge >= 0.3 is 5.69 Å². The number of carbonyl (C=O) groups is 1. The zero-order valence-corrected chi connectivity index (χ0v) is 12.5. The molecule has 0 fully saturated rings. The van der Waals surface area contributed by atoms with Gasteiger partial charge < -0.3 is 9.88 Å². The van der Waals surface area contributed by atoms with Gasteiger partial charge in [0.05, 0.1) is 6.61 Å². The summed E-state index contributed by atoms with van der Waals surface area (Å²) in [6.07, 6.45) is 1.02. The Morgan fingerprint density at radius 3 is 2.65 bits per heavy atom. The van der Waals surface area contributed by atoms with E-state index in [1.165, 1.54) is 0 Å². The molecule has 10 heteroatoms. The van der Waals surface area contributed by atoms with Gasteiger partial charge in [0, 0.05) is 18.1 Å². The molecule has 0 bridgehead atoms. The lowest BCUT2D eigenvalue weighted by Gasteiger charge is -2.21. The van der Waals surface area contributed by atoms with E-state index in [9.17, 15) is 14.4 Å². The molecule has 8 nitrogen and oxygen atoms in total. The SMILES string of the molecule is CN(C)C(CCl)CONC(=O)c1c[nH]c(=O)[nH]c1=O.Cl. The second-order valence-corrected chi connectivity index (χ2v) is 4.31. The fraction of sp³-hybridized carbons (Fsp3) is 0.500. The molecule has 1 amide bonds. The highest BCUT2D eigenvalue weighted by atomic mass is 35.5. The number of amides is 1. The molecule has 1 aromatic rings. The van der Waals surface area contributed by atoms with Gasteiger partial charge in [-0.25, -0.2) is 10.3 Å². The van der Waals surface area contributed by atoms with Crippen molar-refractivity contribution in [3.8, 4) is 0 Å². The van der Waals surface area contributed by atoms with Crippen molar-refractivity contribution in [3.63, 3.8) is 0 Å². The summed E-state index contributed by atoms with van der Waals surface area (Å²) < 4.78 is 0. The number of likely N-dealkylation sites (N-methyl/N-ethyl adjacent to an activating group) is 1. The van der Waals surface area contributed by atoms with Gasteiger partial charge in [-0.05, 0) is 14.1 Å². The highest BCUT2D eigenvalue weighted by Crippen LogP contribution is 1.96. The van der Waals surface area contributed by atoms with Gasteiger partial charge in [-0.2, -0.15) is 0 Å². The lowest BCUT2D eigenvalue weighted by atomic mass is 10.3.